The van der Waals surface area contributed by atoms with Crippen LogP contribution < -0.4 is 20.7 Å². The smallest absolute Gasteiger partial charge is 0.337 e. The van der Waals surface area contributed by atoms with E-state index in [0.29, 0.717) is 17.0 Å². The molecule has 0 fully saturated rings. The van der Waals surface area contributed by atoms with Crippen molar-refractivity contribution in [3.63, 3.8) is 0 Å². The Morgan fingerprint density at radius 1 is 1.24 bits per heavy atom. The highest BCUT2D eigenvalue weighted by atomic mass is 16.5. The third-order valence-electron chi connectivity index (χ3n) is 4.38. The molecule has 1 unspecified atom stereocenters. The number of anilines is 3. The Morgan fingerprint density at radius 2 is 1.93 bits per heavy atom. The second-order valence-corrected chi connectivity index (χ2v) is 6.88. The van der Waals surface area contributed by atoms with Gasteiger partial charge in [-0.3, -0.25) is 14.5 Å². The van der Waals surface area contributed by atoms with Gasteiger partial charge in [0.2, 0.25) is 5.91 Å². The summed E-state index contributed by atoms with van der Waals surface area (Å²) in [5.74, 6) is -0.528. The zero-order valence-electron chi connectivity index (χ0n) is 16.3. The lowest BCUT2D eigenvalue weighted by Gasteiger charge is -2.34. The molecule has 9 nitrogen and oxygen atoms in total. The zero-order valence-corrected chi connectivity index (χ0v) is 16.3. The molecule has 9 heteroatoms. The summed E-state index contributed by atoms with van der Waals surface area (Å²) in [4.78, 5) is 42.4. The highest BCUT2D eigenvalue weighted by molar-refractivity contribution is 6.05. The predicted octanol–water partition coefficient (Wildman–Crippen LogP) is 1.84. The molecule has 0 saturated carbocycles. The Hall–Kier alpha value is -3.62. The number of hydrogen-bond donors (Lipinski definition) is 2. The van der Waals surface area contributed by atoms with E-state index in [4.69, 9.17) is 10.5 Å². The van der Waals surface area contributed by atoms with Gasteiger partial charge in [-0.25, -0.2) is 9.78 Å². The van der Waals surface area contributed by atoms with Crippen molar-refractivity contribution in [1.82, 2.24) is 4.98 Å². The Morgan fingerprint density at radius 3 is 2.55 bits per heavy atom. The van der Waals surface area contributed by atoms with Crippen LogP contribution in [0.2, 0.25) is 0 Å². The van der Waals surface area contributed by atoms with Crippen molar-refractivity contribution in [1.29, 1.82) is 0 Å². The number of nitrogens with two attached hydrogens (primary N) is 1. The number of nitrogen functional groups attached to an aromatic ring is 1. The number of nitrogens with one attached hydrogen (secondary N) is 1. The quantitative estimate of drug-likeness (QED) is 0.737. The standard InChI is InChI=1S/C20H22N4O5/c1-11(2)17-19(26)24(18-14(29-17)8-9-15(21)23-18)10-16(25)22-13-6-4-12(5-7-13)20(27)28-3/h4-9,11,17H,10H2,1-3H3,(H2,21,23)(H,22,25). The summed E-state index contributed by atoms with van der Waals surface area (Å²) >= 11 is 0. The zero-order chi connectivity index (χ0) is 21.1. The fourth-order valence-corrected chi connectivity index (χ4v) is 2.91. The maximum absolute atomic E-state index is 12.9. The van der Waals surface area contributed by atoms with Crippen LogP contribution in [0.4, 0.5) is 17.3 Å². The van der Waals surface area contributed by atoms with E-state index in [9.17, 15) is 14.4 Å². The van der Waals surface area contributed by atoms with Gasteiger partial charge in [-0.05, 0) is 42.3 Å². The molecule has 1 atom stereocenters. The van der Waals surface area contributed by atoms with E-state index in [1.165, 1.54) is 24.1 Å². The fraction of sp³-hybridized carbons (Fsp3) is 0.300. The lowest BCUT2D eigenvalue weighted by Crippen LogP contribution is -2.51. The highest BCUT2D eigenvalue weighted by Crippen LogP contribution is 2.34. The summed E-state index contributed by atoms with van der Waals surface area (Å²) in [5, 5.41) is 2.70. The Balaban J connectivity index is 1.78. The molecular formula is C20H22N4O5. The first kappa shape index (κ1) is 20.1. The minimum Gasteiger partial charge on any atom is -0.476 e. The van der Waals surface area contributed by atoms with E-state index in [2.05, 4.69) is 15.0 Å². The molecule has 152 valence electrons. The van der Waals surface area contributed by atoms with E-state index < -0.39 is 18.0 Å². The van der Waals surface area contributed by atoms with Gasteiger partial charge in [0, 0.05) is 5.69 Å². The first-order chi connectivity index (χ1) is 13.8. The van der Waals surface area contributed by atoms with Crippen LogP contribution in [0.25, 0.3) is 0 Å². The molecule has 1 aliphatic rings. The normalized spacial score (nSPS) is 15.5. The minimum absolute atomic E-state index is 0.0929. The maximum atomic E-state index is 12.9. The molecule has 0 saturated heterocycles. The van der Waals surface area contributed by atoms with E-state index in [-0.39, 0.29) is 30.0 Å². The summed E-state index contributed by atoms with van der Waals surface area (Å²) in [6.45, 7) is 3.46. The molecule has 1 aromatic heterocycles. The van der Waals surface area contributed by atoms with E-state index >= 15 is 0 Å². The minimum atomic E-state index is -0.722. The highest BCUT2D eigenvalue weighted by Gasteiger charge is 2.38. The molecule has 0 aliphatic carbocycles. The van der Waals surface area contributed by atoms with Crippen molar-refractivity contribution >= 4 is 35.1 Å². The number of hydrogen-bond acceptors (Lipinski definition) is 7. The van der Waals surface area contributed by atoms with Crippen molar-refractivity contribution < 1.29 is 23.9 Å². The van der Waals surface area contributed by atoms with Crippen LogP contribution in [-0.2, 0) is 14.3 Å². The van der Waals surface area contributed by atoms with Crippen molar-refractivity contribution in [2.75, 3.05) is 29.6 Å². The number of amides is 2. The molecular weight excluding hydrogens is 376 g/mol. The second-order valence-electron chi connectivity index (χ2n) is 6.88. The van der Waals surface area contributed by atoms with Crippen LogP contribution in [0.5, 0.6) is 5.75 Å². The van der Waals surface area contributed by atoms with Gasteiger partial charge in [-0.1, -0.05) is 13.8 Å². The van der Waals surface area contributed by atoms with Crippen molar-refractivity contribution in [2.24, 2.45) is 5.92 Å². The van der Waals surface area contributed by atoms with Crippen molar-refractivity contribution in [3.8, 4) is 5.75 Å². The van der Waals surface area contributed by atoms with Crippen LogP contribution >= 0.6 is 0 Å². The average Bonchev–Trinajstić information content (AvgIpc) is 2.69. The average molecular weight is 398 g/mol. The molecule has 3 N–H and O–H groups in total. The molecule has 2 heterocycles. The van der Waals surface area contributed by atoms with Gasteiger partial charge in [0.25, 0.3) is 5.91 Å². The molecule has 29 heavy (non-hydrogen) atoms. The van der Waals surface area contributed by atoms with Gasteiger partial charge in [0.15, 0.2) is 17.7 Å². The monoisotopic (exact) mass is 398 g/mol. The number of esters is 1. The molecule has 0 spiro atoms. The first-order valence-corrected chi connectivity index (χ1v) is 9.03. The summed E-state index contributed by atoms with van der Waals surface area (Å²) < 4.78 is 10.4. The molecule has 1 aliphatic heterocycles. The number of carbonyl (C=O) groups is 3. The Bertz CT molecular complexity index is 942. The largest absolute Gasteiger partial charge is 0.476 e. The van der Waals surface area contributed by atoms with Crippen LogP contribution in [0, 0.1) is 5.92 Å². The van der Waals surface area contributed by atoms with Crippen LogP contribution in [0.3, 0.4) is 0 Å². The number of rotatable bonds is 5. The third-order valence-corrected chi connectivity index (χ3v) is 4.38. The van der Waals surface area contributed by atoms with Gasteiger partial charge < -0.3 is 20.5 Å². The topological polar surface area (TPSA) is 124 Å². The Labute approximate surface area is 167 Å². The SMILES string of the molecule is COC(=O)c1ccc(NC(=O)CN2C(=O)C(C(C)C)Oc3ccc(N)nc32)cc1. The summed E-state index contributed by atoms with van der Waals surface area (Å²) in [5.41, 5.74) is 6.59. The number of benzene rings is 1. The fourth-order valence-electron chi connectivity index (χ4n) is 2.91. The molecule has 1 aromatic carbocycles. The molecule has 2 aromatic rings. The van der Waals surface area contributed by atoms with E-state index in [0.717, 1.165) is 0 Å². The van der Waals surface area contributed by atoms with E-state index in [1.807, 2.05) is 13.8 Å². The molecule has 2 amide bonds. The number of pyridine rings is 1. The predicted molar refractivity (Wildman–Crippen MR) is 107 cm³/mol. The molecule has 0 radical (unpaired) electrons. The number of methoxy groups -OCH3 is 1. The Kier molecular flexibility index (Phi) is 5.67. The maximum Gasteiger partial charge on any atom is 0.337 e. The summed E-state index contributed by atoms with van der Waals surface area (Å²) in [6.07, 6.45) is -0.722. The van der Waals surface area contributed by atoms with Crippen LogP contribution in [-0.4, -0.2) is 42.5 Å². The van der Waals surface area contributed by atoms with Crippen LogP contribution in [0.1, 0.15) is 24.2 Å². The molecule has 3 rings (SSSR count). The molecule has 0 bridgehead atoms. The van der Waals surface area contributed by atoms with Crippen LogP contribution in [0.15, 0.2) is 36.4 Å². The van der Waals surface area contributed by atoms with Crippen molar-refractivity contribution in [2.45, 2.75) is 20.0 Å². The van der Waals surface area contributed by atoms with E-state index in [1.54, 1.807) is 24.3 Å². The van der Waals surface area contributed by atoms with Gasteiger partial charge in [0.05, 0.1) is 12.7 Å². The lowest BCUT2D eigenvalue weighted by molar-refractivity contribution is -0.129. The third kappa shape index (κ3) is 4.29. The lowest BCUT2D eigenvalue weighted by atomic mass is 10.0. The summed E-state index contributed by atoms with van der Waals surface area (Å²) in [6, 6.07) is 9.43. The number of carbonyl (C=O) groups excluding carboxylic acids is 3. The second kappa shape index (κ2) is 8.17. The van der Waals surface area contributed by atoms with Gasteiger partial charge in [0.1, 0.15) is 12.4 Å². The number of ether oxygens (including phenoxy) is 2. The van der Waals surface area contributed by atoms with Gasteiger partial charge in [-0.2, -0.15) is 0 Å². The number of fused-ring (bicyclic) bond motifs is 1. The summed E-state index contributed by atoms with van der Waals surface area (Å²) in [7, 11) is 1.29. The number of aromatic nitrogens is 1. The van der Waals surface area contributed by atoms with Crippen molar-refractivity contribution in [3.05, 3.63) is 42.0 Å². The number of nitrogens with zero attached hydrogens (tertiary/aromatic N) is 2. The first-order valence-electron chi connectivity index (χ1n) is 9.03. The van der Waals surface area contributed by atoms with Gasteiger partial charge >= 0.3 is 5.97 Å². The van der Waals surface area contributed by atoms with Gasteiger partial charge in [-0.15, -0.1) is 0 Å².